The summed E-state index contributed by atoms with van der Waals surface area (Å²) in [6, 6.07) is 8.72. The van der Waals surface area contributed by atoms with Crippen molar-refractivity contribution in [3.8, 4) is 0 Å². The van der Waals surface area contributed by atoms with E-state index in [-0.39, 0.29) is 11.6 Å². The van der Waals surface area contributed by atoms with Gasteiger partial charge in [0.1, 0.15) is 0 Å². The zero-order valence-electron chi connectivity index (χ0n) is 12.9. The molecule has 0 fully saturated rings. The van der Waals surface area contributed by atoms with E-state index < -0.39 is 0 Å². The molecule has 0 heterocycles. The molecule has 2 N–H and O–H groups in total. The number of rotatable bonds is 7. The zero-order valence-corrected chi connectivity index (χ0v) is 12.9. The summed E-state index contributed by atoms with van der Waals surface area (Å²) < 4.78 is 0. The quantitative estimate of drug-likeness (QED) is 0.794. The molecule has 0 saturated carbocycles. The van der Waals surface area contributed by atoms with Crippen LogP contribution >= 0.6 is 0 Å². The molecule has 0 aromatic heterocycles. The van der Waals surface area contributed by atoms with Crippen LogP contribution in [0.25, 0.3) is 0 Å². The molecule has 0 aliphatic carbocycles. The molecule has 1 atom stereocenters. The van der Waals surface area contributed by atoms with Crippen molar-refractivity contribution in [3.05, 3.63) is 29.8 Å². The summed E-state index contributed by atoms with van der Waals surface area (Å²) in [5, 5.41) is 12.7. The van der Waals surface area contributed by atoms with E-state index in [0.29, 0.717) is 6.54 Å². The van der Waals surface area contributed by atoms with Gasteiger partial charge in [-0.2, -0.15) is 0 Å². The van der Waals surface area contributed by atoms with Crippen LogP contribution in [0.5, 0.6) is 0 Å². The fourth-order valence-electron chi connectivity index (χ4n) is 2.05. The first kappa shape index (κ1) is 16.0. The van der Waals surface area contributed by atoms with Gasteiger partial charge in [0.2, 0.25) is 0 Å². The Balaban J connectivity index is 2.61. The van der Waals surface area contributed by atoms with Crippen molar-refractivity contribution in [2.24, 2.45) is 0 Å². The van der Waals surface area contributed by atoms with Crippen molar-refractivity contribution in [1.82, 2.24) is 5.32 Å². The molecule has 0 amide bonds. The lowest BCUT2D eigenvalue weighted by Gasteiger charge is -2.27. The van der Waals surface area contributed by atoms with Gasteiger partial charge >= 0.3 is 0 Å². The van der Waals surface area contributed by atoms with Gasteiger partial charge in [-0.25, -0.2) is 0 Å². The van der Waals surface area contributed by atoms with Crippen LogP contribution in [0.3, 0.4) is 0 Å². The van der Waals surface area contributed by atoms with Crippen molar-refractivity contribution in [2.45, 2.75) is 45.8 Å². The fraction of sp³-hybridized carbons (Fsp3) is 0.625. The molecule has 0 bridgehead atoms. The Morgan fingerprint density at radius 2 is 1.84 bits per heavy atom. The first-order valence-electron chi connectivity index (χ1n) is 7.07. The Kier molecular flexibility index (Phi) is 5.83. The molecule has 3 heteroatoms. The van der Waals surface area contributed by atoms with E-state index in [1.54, 1.807) is 6.92 Å². The van der Waals surface area contributed by atoms with E-state index in [2.05, 4.69) is 62.3 Å². The summed E-state index contributed by atoms with van der Waals surface area (Å²) >= 11 is 0. The van der Waals surface area contributed by atoms with Crippen LogP contribution < -0.4 is 10.2 Å². The molecule has 0 aliphatic heterocycles. The molecule has 1 rings (SSSR count). The fourth-order valence-corrected chi connectivity index (χ4v) is 2.05. The highest BCUT2D eigenvalue weighted by Crippen LogP contribution is 2.17. The molecule has 0 spiro atoms. The van der Waals surface area contributed by atoms with Gasteiger partial charge in [-0.1, -0.05) is 12.1 Å². The summed E-state index contributed by atoms with van der Waals surface area (Å²) in [4.78, 5) is 2.22. The monoisotopic (exact) mass is 264 g/mol. The lowest BCUT2D eigenvalue weighted by atomic mass is 9.94. The summed E-state index contributed by atoms with van der Waals surface area (Å²) in [5.41, 5.74) is 2.56. The summed E-state index contributed by atoms with van der Waals surface area (Å²) in [6.45, 7) is 9.93. The van der Waals surface area contributed by atoms with E-state index in [0.717, 1.165) is 13.0 Å². The minimum Gasteiger partial charge on any atom is -0.392 e. The summed E-state index contributed by atoms with van der Waals surface area (Å²) in [5.74, 6) is 0. The summed E-state index contributed by atoms with van der Waals surface area (Å²) in [6.07, 6.45) is 0.649. The SMILES string of the molecule is CCN(C)c1ccc(CC(C)(C)NCC(C)O)cc1. The number of β-amino-alcohol motifs (C(OH)–C–C–N with tert-alkyl or cyclic N) is 1. The minimum absolute atomic E-state index is 0.00480. The van der Waals surface area contributed by atoms with Gasteiger partial charge < -0.3 is 15.3 Å². The topological polar surface area (TPSA) is 35.5 Å². The first-order chi connectivity index (χ1) is 8.84. The number of aliphatic hydroxyl groups excluding tert-OH is 1. The average molecular weight is 264 g/mol. The van der Waals surface area contributed by atoms with E-state index in [4.69, 9.17) is 0 Å². The number of nitrogens with zero attached hydrogens (tertiary/aromatic N) is 1. The highest BCUT2D eigenvalue weighted by molar-refractivity contribution is 5.46. The van der Waals surface area contributed by atoms with Gasteiger partial charge in [0.15, 0.2) is 0 Å². The van der Waals surface area contributed by atoms with E-state index in [1.807, 2.05) is 0 Å². The third-order valence-corrected chi connectivity index (χ3v) is 3.37. The lowest BCUT2D eigenvalue weighted by molar-refractivity contribution is 0.176. The van der Waals surface area contributed by atoms with Crippen LogP contribution in [-0.4, -0.2) is 36.9 Å². The van der Waals surface area contributed by atoms with Crippen molar-refractivity contribution in [2.75, 3.05) is 25.0 Å². The van der Waals surface area contributed by atoms with Crippen LogP contribution in [0.2, 0.25) is 0 Å². The Morgan fingerprint density at radius 3 is 2.32 bits per heavy atom. The second-order valence-corrected chi connectivity index (χ2v) is 5.97. The molecule has 3 nitrogen and oxygen atoms in total. The highest BCUT2D eigenvalue weighted by Gasteiger charge is 2.18. The van der Waals surface area contributed by atoms with Gasteiger partial charge in [-0.3, -0.25) is 0 Å². The van der Waals surface area contributed by atoms with Crippen LogP contribution in [0.15, 0.2) is 24.3 Å². The maximum absolute atomic E-state index is 9.34. The molecular formula is C16H28N2O. The maximum atomic E-state index is 9.34. The number of anilines is 1. The second-order valence-electron chi connectivity index (χ2n) is 5.97. The molecule has 0 radical (unpaired) electrons. The Hall–Kier alpha value is -1.06. The Labute approximate surface area is 117 Å². The first-order valence-corrected chi connectivity index (χ1v) is 7.07. The number of hydrogen-bond donors (Lipinski definition) is 2. The van der Waals surface area contributed by atoms with E-state index in [1.165, 1.54) is 11.3 Å². The van der Waals surface area contributed by atoms with Gasteiger partial charge in [0.05, 0.1) is 6.10 Å². The molecule has 0 aliphatic rings. The summed E-state index contributed by atoms with van der Waals surface area (Å²) in [7, 11) is 2.10. The number of aliphatic hydroxyl groups is 1. The third-order valence-electron chi connectivity index (χ3n) is 3.37. The Bertz CT molecular complexity index is 371. The highest BCUT2D eigenvalue weighted by atomic mass is 16.3. The zero-order chi connectivity index (χ0) is 14.5. The molecule has 1 aromatic carbocycles. The van der Waals surface area contributed by atoms with Crippen molar-refractivity contribution in [1.29, 1.82) is 0 Å². The van der Waals surface area contributed by atoms with Crippen molar-refractivity contribution >= 4 is 5.69 Å². The number of hydrogen-bond acceptors (Lipinski definition) is 3. The predicted molar refractivity (Wildman–Crippen MR) is 82.9 cm³/mol. The van der Waals surface area contributed by atoms with Crippen LogP contribution in [-0.2, 0) is 6.42 Å². The largest absolute Gasteiger partial charge is 0.392 e. The number of nitrogens with one attached hydrogen (secondary N) is 1. The van der Waals surface area contributed by atoms with Crippen LogP contribution in [0.4, 0.5) is 5.69 Å². The van der Waals surface area contributed by atoms with Gasteiger partial charge in [0, 0.05) is 31.4 Å². The lowest BCUT2D eigenvalue weighted by Crippen LogP contribution is -2.44. The van der Waals surface area contributed by atoms with Crippen molar-refractivity contribution in [3.63, 3.8) is 0 Å². The standard InChI is InChI=1S/C16H28N2O/c1-6-18(5)15-9-7-14(8-10-15)11-16(3,4)17-12-13(2)19/h7-10,13,17,19H,6,11-12H2,1-5H3. The molecule has 1 unspecified atom stereocenters. The Morgan fingerprint density at radius 1 is 1.26 bits per heavy atom. The van der Waals surface area contributed by atoms with E-state index >= 15 is 0 Å². The van der Waals surface area contributed by atoms with Gasteiger partial charge in [-0.15, -0.1) is 0 Å². The average Bonchev–Trinajstić information content (AvgIpc) is 2.36. The van der Waals surface area contributed by atoms with Crippen LogP contribution in [0.1, 0.15) is 33.3 Å². The predicted octanol–water partition coefficient (Wildman–Crippen LogP) is 2.43. The molecule has 108 valence electrons. The van der Waals surface area contributed by atoms with Gasteiger partial charge in [0.25, 0.3) is 0 Å². The van der Waals surface area contributed by atoms with Crippen molar-refractivity contribution < 1.29 is 5.11 Å². The van der Waals surface area contributed by atoms with Gasteiger partial charge in [-0.05, 0) is 51.8 Å². The van der Waals surface area contributed by atoms with Crippen LogP contribution in [0, 0.1) is 0 Å². The molecular weight excluding hydrogens is 236 g/mol. The molecule has 0 saturated heterocycles. The third kappa shape index (κ3) is 5.62. The smallest absolute Gasteiger partial charge is 0.0636 e. The molecule has 19 heavy (non-hydrogen) atoms. The number of benzene rings is 1. The maximum Gasteiger partial charge on any atom is 0.0636 e. The minimum atomic E-state index is -0.306. The normalized spacial score (nSPS) is 13.4. The van der Waals surface area contributed by atoms with E-state index in [9.17, 15) is 5.11 Å². The second kappa shape index (κ2) is 6.92. The molecule has 1 aromatic rings.